The molecule has 0 saturated heterocycles. The monoisotopic (exact) mass is 293 g/mol. The van der Waals surface area contributed by atoms with Gasteiger partial charge < -0.3 is 5.11 Å². The fourth-order valence-corrected chi connectivity index (χ4v) is 3.29. The van der Waals surface area contributed by atoms with Gasteiger partial charge >= 0.3 is 5.97 Å². The summed E-state index contributed by atoms with van der Waals surface area (Å²) in [6, 6.07) is 5.16. The number of aromatic carboxylic acids is 1. The predicted molar refractivity (Wildman–Crippen MR) is 73.7 cm³/mol. The van der Waals surface area contributed by atoms with E-state index in [0.717, 1.165) is 12.8 Å². The molecule has 0 aliphatic heterocycles. The molecule has 1 aromatic rings. The van der Waals surface area contributed by atoms with Crippen LogP contribution in [-0.2, 0) is 10.0 Å². The van der Waals surface area contributed by atoms with Gasteiger partial charge in [-0.2, -0.15) is 4.31 Å². The molecule has 0 heterocycles. The molecule has 106 valence electrons. The molecule has 0 amide bonds. The van der Waals surface area contributed by atoms with Crippen LogP contribution in [0.15, 0.2) is 29.2 Å². The Bertz CT molecular complexity index is 639. The van der Waals surface area contributed by atoms with Gasteiger partial charge in [-0.05, 0) is 43.0 Å². The van der Waals surface area contributed by atoms with Crippen LogP contribution in [0.25, 0.3) is 0 Å². The van der Waals surface area contributed by atoms with E-state index in [0.29, 0.717) is 12.5 Å². The van der Waals surface area contributed by atoms with Crippen LogP contribution in [0.4, 0.5) is 0 Å². The summed E-state index contributed by atoms with van der Waals surface area (Å²) < 4.78 is 26.2. The minimum absolute atomic E-state index is 0.0273. The molecule has 0 atom stereocenters. The van der Waals surface area contributed by atoms with Crippen molar-refractivity contribution in [3.63, 3.8) is 0 Å². The maximum absolute atomic E-state index is 12.4. The maximum Gasteiger partial charge on any atom is 0.335 e. The van der Waals surface area contributed by atoms with Gasteiger partial charge in [0.05, 0.1) is 17.0 Å². The molecule has 1 aliphatic rings. The van der Waals surface area contributed by atoms with E-state index in [4.69, 9.17) is 11.5 Å². The van der Waals surface area contributed by atoms with E-state index in [-0.39, 0.29) is 17.0 Å². The number of nitrogens with zero attached hydrogens (tertiary/aromatic N) is 1. The van der Waals surface area contributed by atoms with Gasteiger partial charge in [0, 0.05) is 6.54 Å². The highest BCUT2D eigenvalue weighted by molar-refractivity contribution is 7.89. The maximum atomic E-state index is 12.4. The molecule has 20 heavy (non-hydrogen) atoms. The van der Waals surface area contributed by atoms with E-state index in [9.17, 15) is 13.2 Å². The summed E-state index contributed by atoms with van der Waals surface area (Å²) in [5, 5.41) is 8.81. The van der Waals surface area contributed by atoms with Gasteiger partial charge in [-0.25, -0.2) is 13.2 Å². The minimum Gasteiger partial charge on any atom is -0.478 e. The summed E-state index contributed by atoms with van der Waals surface area (Å²) >= 11 is 0. The third-order valence-corrected chi connectivity index (χ3v) is 4.99. The van der Waals surface area contributed by atoms with Crippen LogP contribution < -0.4 is 0 Å². The largest absolute Gasteiger partial charge is 0.478 e. The molecule has 1 saturated carbocycles. The summed E-state index contributed by atoms with van der Waals surface area (Å²) in [4.78, 5) is 10.8. The molecule has 0 bridgehead atoms. The number of sulfonamides is 1. The van der Waals surface area contributed by atoms with Gasteiger partial charge in [0.2, 0.25) is 10.0 Å². The number of benzene rings is 1. The number of rotatable bonds is 6. The average molecular weight is 293 g/mol. The second-order valence-electron chi connectivity index (χ2n) is 4.77. The number of hydrogen-bond donors (Lipinski definition) is 1. The van der Waals surface area contributed by atoms with Crippen LogP contribution in [0, 0.1) is 18.3 Å². The van der Waals surface area contributed by atoms with E-state index >= 15 is 0 Å². The van der Waals surface area contributed by atoms with Gasteiger partial charge in [-0.1, -0.05) is 5.92 Å². The summed E-state index contributed by atoms with van der Waals surface area (Å²) in [5.41, 5.74) is 0.0506. The van der Waals surface area contributed by atoms with Crippen molar-refractivity contribution in [3.05, 3.63) is 29.8 Å². The van der Waals surface area contributed by atoms with Gasteiger partial charge in [0.1, 0.15) is 0 Å². The van der Waals surface area contributed by atoms with Crippen molar-refractivity contribution in [2.45, 2.75) is 17.7 Å². The van der Waals surface area contributed by atoms with E-state index in [1.165, 1.54) is 28.6 Å². The first kappa shape index (κ1) is 14.6. The minimum atomic E-state index is -3.66. The first-order valence-corrected chi connectivity index (χ1v) is 7.66. The van der Waals surface area contributed by atoms with Gasteiger partial charge in [-0.15, -0.1) is 6.42 Å². The fourth-order valence-electron chi connectivity index (χ4n) is 1.86. The fraction of sp³-hybridized carbons (Fsp3) is 0.357. The summed E-state index contributed by atoms with van der Waals surface area (Å²) in [5.74, 6) is 1.65. The van der Waals surface area contributed by atoms with E-state index < -0.39 is 16.0 Å². The first-order valence-electron chi connectivity index (χ1n) is 6.22. The van der Waals surface area contributed by atoms with E-state index in [2.05, 4.69) is 5.92 Å². The summed E-state index contributed by atoms with van der Waals surface area (Å²) in [6.45, 7) is 0.451. The Morgan fingerprint density at radius 1 is 1.35 bits per heavy atom. The lowest BCUT2D eigenvalue weighted by Crippen LogP contribution is -2.33. The Labute approximate surface area is 118 Å². The Morgan fingerprint density at radius 2 is 1.95 bits per heavy atom. The normalized spacial score (nSPS) is 15.0. The topological polar surface area (TPSA) is 74.7 Å². The third-order valence-electron chi connectivity index (χ3n) is 3.17. The molecule has 0 radical (unpaired) electrons. The molecule has 0 aromatic heterocycles. The SMILES string of the molecule is C#CCN(CC1CC1)S(=O)(=O)c1ccc(C(=O)O)cc1. The van der Waals surface area contributed by atoms with Crippen LogP contribution in [0.1, 0.15) is 23.2 Å². The van der Waals surface area contributed by atoms with Crippen LogP contribution in [0.3, 0.4) is 0 Å². The Morgan fingerprint density at radius 3 is 2.40 bits per heavy atom. The molecule has 2 rings (SSSR count). The van der Waals surface area contributed by atoms with Crippen LogP contribution in [-0.4, -0.2) is 36.9 Å². The van der Waals surface area contributed by atoms with Gasteiger partial charge in [0.15, 0.2) is 0 Å². The molecule has 6 heteroatoms. The molecule has 1 aromatic carbocycles. The zero-order chi connectivity index (χ0) is 14.8. The summed E-state index contributed by atoms with van der Waals surface area (Å²) in [7, 11) is -3.66. The van der Waals surface area contributed by atoms with Crippen molar-refractivity contribution < 1.29 is 18.3 Å². The first-order chi connectivity index (χ1) is 9.45. The van der Waals surface area contributed by atoms with E-state index in [1.54, 1.807) is 0 Å². The lowest BCUT2D eigenvalue weighted by atomic mass is 10.2. The standard InChI is InChI=1S/C14H15NO4S/c1-2-9-15(10-11-3-4-11)20(18,19)13-7-5-12(6-8-13)14(16)17/h1,5-8,11H,3-4,9-10H2,(H,16,17). The highest BCUT2D eigenvalue weighted by Crippen LogP contribution is 2.31. The molecular weight excluding hydrogens is 278 g/mol. The lowest BCUT2D eigenvalue weighted by molar-refractivity contribution is 0.0696. The van der Waals surface area contributed by atoms with Gasteiger partial charge in [0.25, 0.3) is 0 Å². The molecule has 0 unspecified atom stereocenters. The van der Waals surface area contributed by atoms with Crippen molar-refractivity contribution in [2.75, 3.05) is 13.1 Å². The number of carboxylic acid groups (broad SMARTS) is 1. The Hall–Kier alpha value is -1.84. The highest BCUT2D eigenvalue weighted by Gasteiger charge is 2.31. The predicted octanol–water partition coefficient (Wildman–Crippen LogP) is 1.42. The number of terminal acetylenes is 1. The van der Waals surface area contributed by atoms with Crippen LogP contribution >= 0.6 is 0 Å². The second kappa shape index (κ2) is 5.65. The zero-order valence-corrected chi connectivity index (χ0v) is 11.6. The number of hydrogen-bond acceptors (Lipinski definition) is 3. The smallest absolute Gasteiger partial charge is 0.335 e. The third kappa shape index (κ3) is 3.18. The summed E-state index contributed by atoms with van der Waals surface area (Å²) in [6.07, 6.45) is 7.28. The quantitative estimate of drug-likeness (QED) is 0.805. The number of carbonyl (C=O) groups is 1. The Kier molecular flexibility index (Phi) is 4.12. The number of carboxylic acids is 1. The Balaban J connectivity index is 2.26. The second-order valence-corrected chi connectivity index (χ2v) is 6.71. The zero-order valence-electron chi connectivity index (χ0n) is 10.8. The van der Waals surface area contributed by atoms with E-state index in [1.807, 2.05) is 0 Å². The molecule has 1 aliphatic carbocycles. The van der Waals surface area contributed by atoms with Crippen LogP contribution in [0.2, 0.25) is 0 Å². The molecule has 5 nitrogen and oxygen atoms in total. The molecular formula is C14H15NO4S. The molecule has 1 fully saturated rings. The van der Waals surface area contributed by atoms with Gasteiger partial charge in [-0.3, -0.25) is 0 Å². The lowest BCUT2D eigenvalue weighted by Gasteiger charge is -2.19. The van der Waals surface area contributed by atoms with Crippen molar-refractivity contribution in [2.24, 2.45) is 5.92 Å². The van der Waals surface area contributed by atoms with Crippen LogP contribution in [0.5, 0.6) is 0 Å². The van der Waals surface area contributed by atoms with Crippen molar-refractivity contribution in [3.8, 4) is 12.3 Å². The van der Waals surface area contributed by atoms with Crippen molar-refractivity contribution in [1.82, 2.24) is 4.31 Å². The van der Waals surface area contributed by atoms with Crippen molar-refractivity contribution in [1.29, 1.82) is 0 Å². The molecule has 0 spiro atoms. The van der Waals surface area contributed by atoms with Crippen molar-refractivity contribution >= 4 is 16.0 Å². The average Bonchev–Trinajstić information content (AvgIpc) is 3.22. The molecule has 1 N–H and O–H groups in total. The highest BCUT2D eigenvalue weighted by atomic mass is 32.2.